The van der Waals surface area contributed by atoms with Crippen molar-refractivity contribution in [1.29, 1.82) is 0 Å². The van der Waals surface area contributed by atoms with Gasteiger partial charge >= 0.3 is 0 Å². The van der Waals surface area contributed by atoms with Crippen LogP contribution < -0.4 is 4.74 Å². The second-order valence-electron chi connectivity index (χ2n) is 9.12. The van der Waals surface area contributed by atoms with Gasteiger partial charge < -0.3 is 19.4 Å². The Bertz CT molecular complexity index is 961. The number of hydrogen-bond acceptors (Lipinski definition) is 5. The lowest BCUT2D eigenvalue weighted by atomic mass is 9.79. The fourth-order valence-electron chi connectivity index (χ4n) is 3.67. The Kier molecular flexibility index (Phi) is 10.2. The number of allylic oxidation sites excluding steroid dienone is 4. The SMILES string of the molecule is C=C/C(=C\N(C)C)C1(C)/C=C/N(Cc2cc(OCCN(C)C(=O)CC)ccc2C)C=N/C=C/C1. The maximum absolute atomic E-state index is 11.7. The van der Waals surface area contributed by atoms with E-state index in [1.807, 2.05) is 50.6 Å². The van der Waals surface area contributed by atoms with Crippen LogP contribution in [0.15, 0.2) is 72.2 Å². The molecule has 1 aromatic carbocycles. The first-order valence-electron chi connectivity index (χ1n) is 11.8. The third kappa shape index (κ3) is 7.94. The van der Waals surface area contributed by atoms with Crippen molar-refractivity contribution >= 4 is 12.2 Å². The van der Waals surface area contributed by atoms with Gasteiger partial charge in [0.25, 0.3) is 0 Å². The minimum atomic E-state index is -0.198. The van der Waals surface area contributed by atoms with Crippen LogP contribution in [0.3, 0.4) is 0 Å². The average Bonchev–Trinajstić information content (AvgIpc) is 2.90. The Hall–Kier alpha value is -3.28. The van der Waals surface area contributed by atoms with Crippen LogP contribution in [0, 0.1) is 12.3 Å². The van der Waals surface area contributed by atoms with Gasteiger partial charge in [0.1, 0.15) is 12.4 Å². The summed E-state index contributed by atoms with van der Waals surface area (Å²) in [4.78, 5) is 22.0. The van der Waals surface area contributed by atoms with Crippen LogP contribution in [-0.2, 0) is 11.3 Å². The molecule has 0 saturated carbocycles. The molecule has 0 N–H and O–H groups in total. The summed E-state index contributed by atoms with van der Waals surface area (Å²) in [6, 6.07) is 6.12. The number of carbonyl (C=O) groups excluding carboxylic acids is 1. The van der Waals surface area contributed by atoms with Crippen molar-refractivity contribution in [2.24, 2.45) is 10.4 Å². The van der Waals surface area contributed by atoms with Crippen LogP contribution in [0.4, 0.5) is 0 Å². The summed E-state index contributed by atoms with van der Waals surface area (Å²) in [7, 11) is 5.85. The highest BCUT2D eigenvalue weighted by Gasteiger charge is 2.24. The fraction of sp³-hybridized carbons (Fsp3) is 0.429. The molecule has 1 amide bonds. The summed E-state index contributed by atoms with van der Waals surface area (Å²) in [5, 5.41) is 0. The molecule has 6 heteroatoms. The number of aryl methyl sites for hydroxylation is 1. The van der Waals surface area contributed by atoms with Gasteiger partial charge in [-0.2, -0.15) is 0 Å². The smallest absolute Gasteiger partial charge is 0.222 e. The van der Waals surface area contributed by atoms with Crippen molar-refractivity contribution in [2.45, 2.75) is 40.2 Å². The zero-order valence-electron chi connectivity index (χ0n) is 21.6. The van der Waals surface area contributed by atoms with E-state index in [0.717, 1.165) is 23.3 Å². The molecular weight excluding hydrogens is 424 g/mol. The Morgan fingerprint density at radius 2 is 2.09 bits per heavy atom. The van der Waals surface area contributed by atoms with Crippen molar-refractivity contribution in [2.75, 3.05) is 34.3 Å². The topological polar surface area (TPSA) is 48.4 Å². The summed E-state index contributed by atoms with van der Waals surface area (Å²) in [6.45, 7) is 11.9. The Balaban J connectivity index is 2.18. The predicted octanol–water partition coefficient (Wildman–Crippen LogP) is 5.14. The number of rotatable bonds is 10. The normalized spacial score (nSPS) is 20.1. The van der Waals surface area contributed by atoms with Gasteiger partial charge in [-0.05, 0) is 42.2 Å². The maximum Gasteiger partial charge on any atom is 0.222 e. The van der Waals surface area contributed by atoms with E-state index in [2.05, 4.69) is 67.0 Å². The van der Waals surface area contributed by atoms with E-state index in [1.165, 1.54) is 5.56 Å². The third-order valence-electron chi connectivity index (χ3n) is 5.96. The summed E-state index contributed by atoms with van der Waals surface area (Å²) in [5.41, 5.74) is 3.30. The van der Waals surface area contributed by atoms with Gasteiger partial charge in [-0.15, -0.1) is 0 Å². The van der Waals surface area contributed by atoms with Gasteiger partial charge in [-0.3, -0.25) is 4.79 Å². The van der Waals surface area contributed by atoms with Gasteiger partial charge in [0.2, 0.25) is 5.91 Å². The van der Waals surface area contributed by atoms with Crippen molar-refractivity contribution in [3.8, 4) is 5.75 Å². The third-order valence-corrected chi connectivity index (χ3v) is 5.96. The average molecular weight is 465 g/mol. The molecule has 0 aliphatic carbocycles. The van der Waals surface area contributed by atoms with Crippen molar-refractivity contribution < 1.29 is 9.53 Å². The highest BCUT2D eigenvalue weighted by atomic mass is 16.5. The largest absolute Gasteiger partial charge is 0.492 e. The van der Waals surface area contributed by atoms with Crippen LogP contribution in [0.2, 0.25) is 0 Å². The van der Waals surface area contributed by atoms with E-state index < -0.39 is 0 Å². The second-order valence-corrected chi connectivity index (χ2v) is 9.12. The quantitative estimate of drug-likeness (QED) is 0.450. The number of amides is 1. The number of benzene rings is 1. The minimum Gasteiger partial charge on any atom is -0.492 e. The zero-order chi connectivity index (χ0) is 25.1. The van der Waals surface area contributed by atoms with E-state index >= 15 is 0 Å². The Labute approximate surface area is 205 Å². The number of ether oxygens (including phenoxy) is 1. The van der Waals surface area contributed by atoms with Gasteiger partial charge in [-0.25, -0.2) is 4.99 Å². The predicted molar refractivity (Wildman–Crippen MR) is 142 cm³/mol. The van der Waals surface area contributed by atoms with E-state index in [-0.39, 0.29) is 11.3 Å². The first kappa shape index (κ1) is 27.0. The van der Waals surface area contributed by atoms with E-state index in [4.69, 9.17) is 4.74 Å². The summed E-state index contributed by atoms with van der Waals surface area (Å²) in [5.74, 6) is 0.920. The first-order chi connectivity index (χ1) is 16.2. The maximum atomic E-state index is 11.7. The molecule has 0 radical (unpaired) electrons. The molecule has 0 aromatic heterocycles. The molecule has 1 heterocycles. The standard InChI is InChI=1S/C28H40N4O2/c1-8-25(21-30(5)6)28(4)13-10-15-29-22-32(16-14-28)20-24-19-26(12-11-23(24)3)34-18-17-31(7)27(33)9-2/h8,10-12,14-16,19,21-22H,1,9,13,17-18,20H2,2-7H3/b15-10+,16-14+,25-21+,29-22?. The summed E-state index contributed by atoms with van der Waals surface area (Å²) < 4.78 is 5.94. The lowest BCUT2D eigenvalue weighted by Gasteiger charge is -2.28. The molecule has 0 spiro atoms. The van der Waals surface area contributed by atoms with Crippen LogP contribution in [-0.4, -0.2) is 61.2 Å². The van der Waals surface area contributed by atoms with Crippen molar-refractivity contribution in [1.82, 2.24) is 14.7 Å². The van der Waals surface area contributed by atoms with Gasteiger partial charge in [0.15, 0.2) is 0 Å². The highest BCUT2D eigenvalue weighted by Crippen LogP contribution is 2.35. The van der Waals surface area contributed by atoms with Gasteiger partial charge in [0, 0.05) is 58.1 Å². The Morgan fingerprint density at radius 3 is 2.76 bits per heavy atom. The number of hydrogen-bond donors (Lipinski definition) is 0. The van der Waals surface area contributed by atoms with Crippen LogP contribution >= 0.6 is 0 Å². The molecule has 184 valence electrons. The summed E-state index contributed by atoms with van der Waals surface area (Å²) >= 11 is 0. The molecule has 1 aliphatic heterocycles. The number of aliphatic imine (C=N–C) groups is 1. The minimum absolute atomic E-state index is 0.119. The first-order valence-corrected chi connectivity index (χ1v) is 11.8. The van der Waals surface area contributed by atoms with E-state index in [1.54, 1.807) is 11.9 Å². The molecule has 2 rings (SSSR count). The molecule has 1 aromatic rings. The summed E-state index contributed by atoms with van der Waals surface area (Å²) in [6.07, 6.45) is 15.5. The lowest BCUT2D eigenvalue weighted by Crippen LogP contribution is -2.30. The van der Waals surface area contributed by atoms with E-state index in [0.29, 0.717) is 26.1 Å². The molecule has 0 fully saturated rings. The number of carbonyl (C=O) groups is 1. The van der Waals surface area contributed by atoms with Crippen LogP contribution in [0.25, 0.3) is 0 Å². The molecule has 1 atom stereocenters. The number of nitrogens with zero attached hydrogens (tertiary/aromatic N) is 4. The van der Waals surface area contributed by atoms with Crippen LogP contribution in [0.5, 0.6) is 5.75 Å². The molecule has 0 saturated heterocycles. The van der Waals surface area contributed by atoms with Crippen molar-refractivity contribution in [3.63, 3.8) is 0 Å². The lowest BCUT2D eigenvalue weighted by molar-refractivity contribution is -0.129. The van der Waals surface area contributed by atoms with Crippen molar-refractivity contribution in [3.05, 3.63) is 78.3 Å². The molecule has 34 heavy (non-hydrogen) atoms. The fourth-order valence-corrected chi connectivity index (χ4v) is 3.67. The Morgan fingerprint density at radius 1 is 1.32 bits per heavy atom. The zero-order valence-corrected chi connectivity index (χ0v) is 21.6. The monoisotopic (exact) mass is 464 g/mol. The van der Waals surface area contributed by atoms with E-state index in [9.17, 15) is 4.79 Å². The van der Waals surface area contributed by atoms with Crippen LogP contribution in [0.1, 0.15) is 37.8 Å². The second kappa shape index (κ2) is 12.8. The number of likely N-dealkylation sites (N-methyl/N-ethyl adjacent to an activating group) is 1. The van der Waals surface area contributed by atoms with Gasteiger partial charge in [0.05, 0.1) is 12.9 Å². The molecule has 0 bridgehead atoms. The molecule has 6 nitrogen and oxygen atoms in total. The molecule has 1 aliphatic rings. The molecular formula is C28H40N4O2. The highest BCUT2D eigenvalue weighted by molar-refractivity contribution is 5.75. The molecule has 1 unspecified atom stereocenters. The van der Waals surface area contributed by atoms with Gasteiger partial charge in [-0.1, -0.05) is 44.7 Å².